The van der Waals surface area contributed by atoms with Gasteiger partial charge in [0.05, 0.1) is 7.11 Å². The van der Waals surface area contributed by atoms with Crippen LogP contribution < -0.4 is 15.6 Å². The predicted octanol–water partition coefficient (Wildman–Crippen LogP) is 0.786. The summed E-state index contributed by atoms with van der Waals surface area (Å²) in [6.45, 7) is 0. The molecule has 0 saturated carbocycles. The molecule has 0 N–H and O–H groups in total. The van der Waals surface area contributed by atoms with Crippen LogP contribution in [0.5, 0.6) is 5.75 Å². The van der Waals surface area contributed by atoms with Crippen LogP contribution in [0.1, 0.15) is 22.3 Å². The molecule has 0 unspecified atom stereocenters. The molecule has 3 rings (SSSR count). The lowest BCUT2D eigenvalue weighted by Crippen LogP contribution is -2.42. The Kier molecular flexibility index (Phi) is 1.78. The number of fused-ring (bicyclic) bond motifs is 2. The third-order valence-corrected chi connectivity index (χ3v) is 3.29. The molecule has 2 aromatic carbocycles. The zero-order chi connectivity index (χ0) is 11.3. The highest BCUT2D eigenvalue weighted by atomic mass is 16.5. The molecular formula is C13H10O3. The maximum atomic E-state index is 11.4. The van der Waals surface area contributed by atoms with E-state index in [4.69, 9.17) is 4.74 Å². The van der Waals surface area contributed by atoms with Crippen molar-refractivity contribution >= 4 is 0 Å². The standard InChI is InChI=1S/C13H10O3/c1-16-11-4-2-3-7-5-9-10(6-8(7)11)13(15)12(9)14/h2-4H,5-6H2,1H3. The summed E-state index contributed by atoms with van der Waals surface area (Å²) in [5.41, 5.74) is 2.91. The quantitative estimate of drug-likeness (QED) is 0.562. The first-order valence-corrected chi connectivity index (χ1v) is 5.18. The lowest BCUT2D eigenvalue weighted by Gasteiger charge is -2.22. The van der Waals surface area contributed by atoms with E-state index in [9.17, 15) is 9.59 Å². The minimum atomic E-state index is -0.313. The van der Waals surface area contributed by atoms with Gasteiger partial charge in [-0.05, 0) is 11.6 Å². The van der Waals surface area contributed by atoms with Crippen molar-refractivity contribution in [3.05, 3.63) is 60.9 Å². The second-order valence-corrected chi connectivity index (χ2v) is 4.07. The molecule has 0 bridgehead atoms. The van der Waals surface area contributed by atoms with Crippen molar-refractivity contribution in [2.24, 2.45) is 0 Å². The Labute approximate surface area is 92.0 Å². The van der Waals surface area contributed by atoms with Crippen LogP contribution in [0, 0.1) is 0 Å². The Hall–Kier alpha value is -1.90. The Morgan fingerprint density at radius 2 is 1.69 bits per heavy atom. The van der Waals surface area contributed by atoms with Crippen LogP contribution in [0.2, 0.25) is 0 Å². The first-order valence-electron chi connectivity index (χ1n) is 5.18. The summed E-state index contributed by atoms with van der Waals surface area (Å²) < 4.78 is 5.26. The number of benzene rings is 1. The van der Waals surface area contributed by atoms with Crippen molar-refractivity contribution < 1.29 is 4.74 Å². The van der Waals surface area contributed by atoms with Crippen LogP contribution in [0.4, 0.5) is 0 Å². The number of methoxy groups -OCH3 is 1. The molecule has 3 heteroatoms. The average Bonchev–Trinajstić information content (AvgIpc) is 2.35. The average molecular weight is 214 g/mol. The van der Waals surface area contributed by atoms with E-state index in [-0.39, 0.29) is 10.9 Å². The molecule has 0 aliphatic heterocycles. The molecule has 0 saturated heterocycles. The molecule has 0 atom stereocenters. The highest BCUT2D eigenvalue weighted by Gasteiger charge is 2.27. The predicted molar refractivity (Wildman–Crippen MR) is 60.0 cm³/mol. The fraction of sp³-hybridized carbons (Fsp3) is 0.231. The lowest BCUT2D eigenvalue weighted by atomic mass is 9.82. The van der Waals surface area contributed by atoms with E-state index in [0.29, 0.717) is 24.0 Å². The molecule has 0 fully saturated rings. The summed E-state index contributed by atoms with van der Waals surface area (Å²) in [6, 6.07) is 5.78. The van der Waals surface area contributed by atoms with E-state index in [1.54, 1.807) is 7.11 Å². The Morgan fingerprint density at radius 1 is 1.00 bits per heavy atom. The summed E-state index contributed by atoms with van der Waals surface area (Å²) >= 11 is 0. The Bertz CT molecular complexity index is 646. The van der Waals surface area contributed by atoms with E-state index in [0.717, 1.165) is 16.9 Å². The van der Waals surface area contributed by atoms with Crippen LogP contribution in [-0.4, -0.2) is 7.11 Å². The fourth-order valence-corrected chi connectivity index (χ4v) is 2.40. The van der Waals surface area contributed by atoms with Gasteiger partial charge in [0.25, 0.3) is 0 Å². The first-order chi connectivity index (χ1) is 7.72. The van der Waals surface area contributed by atoms with Gasteiger partial charge < -0.3 is 4.74 Å². The number of ether oxygens (including phenoxy) is 1. The van der Waals surface area contributed by atoms with Crippen molar-refractivity contribution in [1.29, 1.82) is 0 Å². The normalized spacial score (nSPS) is 13.3. The van der Waals surface area contributed by atoms with E-state index >= 15 is 0 Å². The minimum absolute atomic E-state index is 0.302. The summed E-state index contributed by atoms with van der Waals surface area (Å²) in [5, 5.41) is 0. The molecule has 0 spiro atoms. The van der Waals surface area contributed by atoms with Gasteiger partial charge in [0, 0.05) is 29.5 Å². The number of rotatable bonds is 1. The molecule has 16 heavy (non-hydrogen) atoms. The van der Waals surface area contributed by atoms with Crippen molar-refractivity contribution in [3.63, 3.8) is 0 Å². The largest absolute Gasteiger partial charge is 0.496 e. The van der Waals surface area contributed by atoms with E-state index in [2.05, 4.69) is 0 Å². The molecule has 1 aliphatic carbocycles. The maximum absolute atomic E-state index is 11.4. The van der Waals surface area contributed by atoms with Gasteiger partial charge in [-0.3, -0.25) is 9.59 Å². The van der Waals surface area contributed by atoms with Gasteiger partial charge in [-0.2, -0.15) is 0 Å². The van der Waals surface area contributed by atoms with Gasteiger partial charge in [-0.15, -0.1) is 0 Å². The second-order valence-electron chi connectivity index (χ2n) is 4.07. The topological polar surface area (TPSA) is 43.4 Å². The molecule has 1 aliphatic rings. The van der Waals surface area contributed by atoms with E-state index in [1.807, 2.05) is 18.2 Å². The Morgan fingerprint density at radius 3 is 2.38 bits per heavy atom. The van der Waals surface area contributed by atoms with Gasteiger partial charge >= 0.3 is 0 Å². The van der Waals surface area contributed by atoms with Gasteiger partial charge in [0.1, 0.15) is 5.75 Å². The summed E-state index contributed by atoms with van der Waals surface area (Å²) in [5.74, 6) is 0.802. The van der Waals surface area contributed by atoms with Gasteiger partial charge in [-0.1, -0.05) is 12.1 Å². The molecule has 80 valence electrons. The third kappa shape index (κ3) is 1.03. The van der Waals surface area contributed by atoms with Crippen LogP contribution >= 0.6 is 0 Å². The summed E-state index contributed by atoms with van der Waals surface area (Å²) in [7, 11) is 1.62. The molecule has 2 aromatic rings. The SMILES string of the molecule is COc1cccc2c1Cc1c(c(=O)c1=O)C2. The number of hydrogen-bond acceptors (Lipinski definition) is 3. The monoisotopic (exact) mass is 214 g/mol. The van der Waals surface area contributed by atoms with Gasteiger partial charge in [0.15, 0.2) is 0 Å². The highest BCUT2D eigenvalue weighted by Crippen LogP contribution is 2.30. The van der Waals surface area contributed by atoms with E-state index in [1.165, 1.54) is 0 Å². The zero-order valence-corrected chi connectivity index (χ0v) is 8.87. The fourth-order valence-electron chi connectivity index (χ4n) is 2.40. The Balaban J connectivity index is 2.16. The molecular weight excluding hydrogens is 204 g/mol. The van der Waals surface area contributed by atoms with Crippen molar-refractivity contribution in [3.8, 4) is 5.75 Å². The molecule has 0 aromatic heterocycles. The van der Waals surface area contributed by atoms with Crippen molar-refractivity contribution in [1.82, 2.24) is 0 Å². The van der Waals surface area contributed by atoms with Crippen LogP contribution in [-0.2, 0) is 12.8 Å². The highest BCUT2D eigenvalue weighted by molar-refractivity contribution is 5.52. The molecule has 0 amide bonds. The van der Waals surface area contributed by atoms with Crippen LogP contribution in [0.25, 0.3) is 0 Å². The van der Waals surface area contributed by atoms with E-state index < -0.39 is 0 Å². The van der Waals surface area contributed by atoms with Crippen LogP contribution in [0.15, 0.2) is 27.8 Å². The minimum Gasteiger partial charge on any atom is -0.496 e. The van der Waals surface area contributed by atoms with Gasteiger partial charge in [-0.25, -0.2) is 0 Å². The molecule has 0 heterocycles. The van der Waals surface area contributed by atoms with Crippen molar-refractivity contribution in [2.45, 2.75) is 12.8 Å². The molecule has 3 nitrogen and oxygen atoms in total. The second kappa shape index (κ2) is 3.04. The number of hydrogen-bond donors (Lipinski definition) is 0. The smallest absolute Gasteiger partial charge is 0.229 e. The van der Waals surface area contributed by atoms with Gasteiger partial charge in [0.2, 0.25) is 10.9 Å². The summed E-state index contributed by atoms with van der Waals surface area (Å²) in [4.78, 5) is 22.7. The van der Waals surface area contributed by atoms with Crippen molar-refractivity contribution in [2.75, 3.05) is 7.11 Å². The maximum Gasteiger partial charge on any atom is 0.229 e. The summed E-state index contributed by atoms with van der Waals surface area (Å²) in [6.07, 6.45) is 1.12. The lowest BCUT2D eigenvalue weighted by molar-refractivity contribution is 0.409. The first kappa shape index (κ1) is 9.33. The third-order valence-electron chi connectivity index (χ3n) is 3.29. The zero-order valence-electron chi connectivity index (χ0n) is 8.87. The van der Waals surface area contributed by atoms with Crippen LogP contribution in [0.3, 0.4) is 0 Å². The molecule has 0 radical (unpaired) electrons.